The van der Waals surface area contributed by atoms with Crippen molar-refractivity contribution in [3.05, 3.63) is 50.9 Å². The van der Waals surface area contributed by atoms with Crippen LogP contribution in [0.5, 0.6) is 0 Å². The highest BCUT2D eigenvalue weighted by molar-refractivity contribution is 9.13. The van der Waals surface area contributed by atoms with Crippen LogP contribution >= 0.6 is 31.9 Å². The zero-order valence-corrected chi connectivity index (χ0v) is 14.1. The zero-order valence-electron chi connectivity index (χ0n) is 11.0. The largest absolute Gasteiger partial charge is 0.333 e. The van der Waals surface area contributed by atoms with E-state index < -0.39 is 0 Å². The Bertz CT molecular complexity index is 611. The molecule has 1 aromatic heterocycles. The summed E-state index contributed by atoms with van der Waals surface area (Å²) in [6, 6.07) is 6.56. The number of fused-ring (bicyclic) bond motifs is 1. The van der Waals surface area contributed by atoms with Crippen molar-refractivity contribution in [2.45, 2.75) is 19.1 Å². The standard InChI is InChI=1S/C14H16Br2N4/c15-11-2-1-10(7-12(11)16)13(8-17)20-6-5-19-4-3-18-14(19)9-20/h1-4,7,13H,5-6,8-9,17H2. The average molecular weight is 400 g/mol. The van der Waals surface area contributed by atoms with Gasteiger partial charge in [0.05, 0.1) is 6.54 Å². The molecule has 2 heterocycles. The molecule has 1 unspecified atom stereocenters. The Morgan fingerprint density at radius 3 is 2.85 bits per heavy atom. The molecule has 1 aliphatic rings. The molecule has 6 heteroatoms. The topological polar surface area (TPSA) is 47.1 Å². The third kappa shape index (κ3) is 2.70. The van der Waals surface area contributed by atoms with Gasteiger partial charge in [0.15, 0.2) is 0 Å². The van der Waals surface area contributed by atoms with Crippen molar-refractivity contribution < 1.29 is 0 Å². The highest BCUT2D eigenvalue weighted by Gasteiger charge is 2.24. The highest BCUT2D eigenvalue weighted by Crippen LogP contribution is 2.30. The fraction of sp³-hybridized carbons (Fsp3) is 0.357. The summed E-state index contributed by atoms with van der Waals surface area (Å²) >= 11 is 7.07. The van der Waals surface area contributed by atoms with Crippen molar-refractivity contribution in [2.24, 2.45) is 5.73 Å². The fourth-order valence-electron chi connectivity index (χ4n) is 2.67. The van der Waals surface area contributed by atoms with Gasteiger partial charge in [0.1, 0.15) is 5.82 Å². The molecule has 1 atom stereocenters. The Labute approximate surface area is 135 Å². The van der Waals surface area contributed by atoms with E-state index >= 15 is 0 Å². The lowest BCUT2D eigenvalue weighted by atomic mass is 10.0. The van der Waals surface area contributed by atoms with E-state index in [4.69, 9.17) is 5.73 Å². The maximum Gasteiger partial charge on any atom is 0.122 e. The van der Waals surface area contributed by atoms with Gasteiger partial charge in [0.25, 0.3) is 0 Å². The predicted octanol–water partition coefficient (Wildman–Crippen LogP) is 2.92. The van der Waals surface area contributed by atoms with Crippen LogP contribution in [0.1, 0.15) is 17.4 Å². The predicted molar refractivity (Wildman–Crippen MR) is 86.3 cm³/mol. The van der Waals surface area contributed by atoms with E-state index in [0.717, 1.165) is 34.4 Å². The number of nitrogens with zero attached hydrogens (tertiary/aromatic N) is 3. The van der Waals surface area contributed by atoms with Crippen LogP contribution < -0.4 is 5.73 Å². The van der Waals surface area contributed by atoms with Gasteiger partial charge in [-0.05, 0) is 49.6 Å². The van der Waals surface area contributed by atoms with Crippen LogP contribution in [0.3, 0.4) is 0 Å². The van der Waals surface area contributed by atoms with Crippen LogP contribution in [-0.4, -0.2) is 27.5 Å². The summed E-state index contributed by atoms with van der Waals surface area (Å²) in [5, 5.41) is 0. The molecule has 0 spiro atoms. The monoisotopic (exact) mass is 398 g/mol. The smallest absolute Gasteiger partial charge is 0.122 e. The van der Waals surface area contributed by atoms with Gasteiger partial charge in [-0.15, -0.1) is 0 Å². The van der Waals surface area contributed by atoms with E-state index in [1.54, 1.807) is 0 Å². The van der Waals surface area contributed by atoms with Crippen LogP contribution in [0.15, 0.2) is 39.5 Å². The number of aromatic nitrogens is 2. The first-order valence-electron chi connectivity index (χ1n) is 6.58. The Balaban J connectivity index is 1.85. The number of rotatable bonds is 3. The van der Waals surface area contributed by atoms with Gasteiger partial charge in [-0.3, -0.25) is 4.90 Å². The van der Waals surface area contributed by atoms with E-state index in [1.165, 1.54) is 5.56 Å². The first kappa shape index (κ1) is 14.3. The van der Waals surface area contributed by atoms with Gasteiger partial charge in [0, 0.05) is 47.0 Å². The minimum atomic E-state index is 0.227. The quantitative estimate of drug-likeness (QED) is 0.862. The number of nitrogens with two attached hydrogens (primary N) is 1. The van der Waals surface area contributed by atoms with Crippen molar-refractivity contribution in [3.8, 4) is 0 Å². The molecule has 0 fully saturated rings. The molecule has 2 N–H and O–H groups in total. The molecule has 1 aromatic carbocycles. The second-order valence-corrected chi connectivity index (χ2v) is 6.64. The lowest BCUT2D eigenvalue weighted by Gasteiger charge is -2.34. The summed E-state index contributed by atoms with van der Waals surface area (Å²) in [7, 11) is 0. The zero-order chi connectivity index (χ0) is 14.1. The normalized spacial score (nSPS) is 16.9. The Morgan fingerprint density at radius 1 is 1.25 bits per heavy atom. The molecule has 2 aromatic rings. The van der Waals surface area contributed by atoms with Crippen LogP contribution in [0.2, 0.25) is 0 Å². The van der Waals surface area contributed by atoms with Crippen molar-refractivity contribution in [1.82, 2.24) is 14.5 Å². The Kier molecular flexibility index (Phi) is 4.26. The average Bonchev–Trinajstić information content (AvgIpc) is 2.91. The van der Waals surface area contributed by atoms with Crippen molar-refractivity contribution >= 4 is 31.9 Å². The SMILES string of the molecule is NCC(c1ccc(Br)c(Br)c1)N1CCn2ccnc2C1. The summed E-state index contributed by atoms with van der Waals surface area (Å²) in [6.45, 7) is 3.43. The second kappa shape index (κ2) is 5.97. The first-order chi connectivity index (χ1) is 9.69. The maximum atomic E-state index is 6.02. The van der Waals surface area contributed by atoms with Gasteiger partial charge in [-0.2, -0.15) is 0 Å². The number of hydrogen-bond acceptors (Lipinski definition) is 3. The van der Waals surface area contributed by atoms with E-state index in [0.29, 0.717) is 6.54 Å². The molecule has 20 heavy (non-hydrogen) atoms. The van der Waals surface area contributed by atoms with E-state index in [1.807, 2.05) is 12.4 Å². The van der Waals surface area contributed by atoms with Crippen LogP contribution in [0, 0.1) is 0 Å². The number of benzene rings is 1. The summed E-state index contributed by atoms with van der Waals surface area (Å²) in [5.74, 6) is 1.12. The molecule has 0 saturated heterocycles. The van der Waals surface area contributed by atoms with Crippen LogP contribution in [0.4, 0.5) is 0 Å². The Hall–Kier alpha value is -0.690. The fourth-order valence-corrected chi connectivity index (χ4v) is 3.32. The first-order valence-corrected chi connectivity index (χ1v) is 8.16. The van der Waals surface area contributed by atoms with Crippen LogP contribution in [0.25, 0.3) is 0 Å². The molecule has 1 aliphatic heterocycles. The minimum absolute atomic E-state index is 0.227. The van der Waals surface area contributed by atoms with E-state index in [2.05, 4.69) is 64.5 Å². The molecule has 106 valence electrons. The molecule has 3 rings (SSSR count). The van der Waals surface area contributed by atoms with Gasteiger partial charge in [-0.25, -0.2) is 4.98 Å². The summed E-state index contributed by atoms with van der Waals surface area (Å²) in [4.78, 5) is 6.81. The van der Waals surface area contributed by atoms with Gasteiger partial charge in [0.2, 0.25) is 0 Å². The summed E-state index contributed by atoms with van der Waals surface area (Å²) in [6.07, 6.45) is 3.91. The lowest BCUT2D eigenvalue weighted by Crippen LogP contribution is -2.39. The van der Waals surface area contributed by atoms with E-state index in [9.17, 15) is 0 Å². The van der Waals surface area contributed by atoms with Gasteiger partial charge >= 0.3 is 0 Å². The molecule has 0 radical (unpaired) electrons. The molecule has 0 bridgehead atoms. The number of hydrogen-bond donors (Lipinski definition) is 1. The highest BCUT2D eigenvalue weighted by atomic mass is 79.9. The molecule has 0 saturated carbocycles. The van der Waals surface area contributed by atoms with Crippen molar-refractivity contribution in [1.29, 1.82) is 0 Å². The molecular weight excluding hydrogens is 384 g/mol. The molecule has 0 aliphatic carbocycles. The van der Waals surface area contributed by atoms with E-state index in [-0.39, 0.29) is 6.04 Å². The maximum absolute atomic E-state index is 6.02. The van der Waals surface area contributed by atoms with Crippen molar-refractivity contribution in [2.75, 3.05) is 13.1 Å². The second-order valence-electron chi connectivity index (χ2n) is 4.93. The summed E-state index contributed by atoms with van der Waals surface area (Å²) < 4.78 is 4.33. The minimum Gasteiger partial charge on any atom is -0.333 e. The third-order valence-electron chi connectivity index (χ3n) is 3.77. The van der Waals surface area contributed by atoms with Crippen molar-refractivity contribution in [3.63, 3.8) is 0 Å². The Morgan fingerprint density at radius 2 is 2.10 bits per heavy atom. The molecule has 4 nitrogen and oxygen atoms in total. The van der Waals surface area contributed by atoms with Crippen LogP contribution in [-0.2, 0) is 13.1 Å². The third-order valence-corrected chi connectivity index (χ3v) is 5.65. The molecule has 0 amide bonds. The summed E-state index contributed by atoms with van der Waals surface area (Å²) in [5.41, 5.74) is 7.26. The van der Waals surface area contributed by atoms with Gasteiger partial charge in [-0.1, -0.05) is 6.07 Å². The molecular formula is C14H16Br2N4. The number of imidazole rings is 1. The van der Waals surface area contributed by atoms with Gasteiger partial charge < -0.3 is 10.3 Å². The number of halogens is 2. The lowest BCUT2D eigenvalue weighted by molar-refractivity contribution is 0.156.